The van der Waals surface area contributed by atoms with Crippen molar-refractivity contribution < 1.29 is 32.2 Å². The molecule has 180 valence electrons. The highest BCUT2D eigenvalue weighted by atomic mass is 19.4. The average Bonchev–Trinajstić information content (AvgIpc) is 2.84. The number of halogens is 3. The molecule has 0 aliphatic rings. The Labute approximate surface area is 196 Å². The van der Waals surface area contributed by atoms with Crippen LogP contribution in [-0.4, -0.2) is 32.8 Å². The maximum atomic E-state index is 14.5. The second-order valence-corrected chi connectivity index (χ2v) is 7.51. The molecule has 3 aromatic rings. The monoisotopic (exact) mass is 473 g/mol. The van der Waals surface area contributed by atoms with Gasteiger partial charge in [0.25, 0.3) is 11.5 Å². The van der Waals surface area contributed by atoms with Gasteiger partial charge in [0.15, 0.2) is 11.5 Å². The highest BCUT2D eigenvalue weighted by Gasteiger charge is 2.63. The van der Waals surface area contributed by atoms with Crippen molar-refractivity contribution in [3.63, 3.8) is 0 Å². The second kappa shape index (κ2) is 11.1. The predicted molar refractivity (Wildman–Crippen MR) is 122 cm³/mol. The van der Waals surface area contributed by atoms with E-state index in [-0.39, 0.29) is 18.5 Å². The molecule has 0 fully saturated rings. The Morgan fingerprint density at radius 3 is 2.03 bits per heavy atom. The Kier molecular flexibility index (Phi) is 8.17. The first kappa shape index (κ1) is 25.1. The van der Waals surface area contributed by atoms with Crippen LogP contribution in [0.2, 0.25) is 0 Å². The molecular formula is C26H26F3NO4. The summed E-state index contributed by atoms with van der Waals surface area (Å²) in [6.07, 6.45) is -4.72. The zero-order valence-electron chi connectivity index (χ0n) is 18.9. The first-order valence-corrected chi connectivity index (χ1v) is 10.6. The van der Waals surface area contributed by atoms with Crippen LogP contribution < -0.4 is 14.8 Å². The summed E-state index contributed by atoms with van der Waals surface area (Å²) in [5, 5.41) is 2.42. The van der Waals surface area contributed by atoms with Crippen molar-refractivity contribution in [2.24, 2.45) is 0 Å². The molecule has 0 aliphatic heterocycles. The Morgan fingerprint density at radius 1 is 0.824 bits per heavy atom. The first-order valence-electron chi connectivity index (χ1n) is 10.6. The average molecular weight is 473 g/mol. The molecule has 0 heterocycles. The van der Waals surface area contributed by atoms with E-state index in [2.05, 4.69) is 5.32 Å². The fourth-order valence-electron chi connectivity index (χ4n) is 3.57. The number of amides is 1. The largest absolute Gasteiger partial charge is 0.493 e. The van der Waals surface area contributed by atoms with Gasteiger partial charge in [-0.1, -0.05) is 66.7 Å². The van der Waals surface area contributed by atoms with Crippen LogP contribution in [0.25, 0.3) is 0 Å². The van der Waals surface area contributed by atoms with Gasteiger partial charge in [0.1, 0.15) is 0 Å². The third-order valence-corrected chi connectivity index (χ3v) is 5.34. The van der Waals surface area contributed by atoms with Crippen molar-refractivity contribution >= 4 is 5.91 Å². The summed E-state index contributed by atoms with van der Waals surface area (Å²) in [5.41, 5.74) is -2.17. The summed E-state index contributed by atoms with van der Waals surface area (Å²) in [7, 11) is 3.00. The van der Waals surface area contributed by atoms with Crippen LogP contribution in [0.1, 0.15) is 16.7 Å². The first-order chi connectivity index (χ1) is 16.3. The van der Waals surface area contributed by atoms with Gasteiger partial charge in [-0.25, -0.2) is 0 Å². The van der Waals surface area contributed by atoms with Crippen LogP contribution in [0.3, 0.4) is 0 Å². The SMILES string of the molecule is COc1ccc(CCNC(=O)C(OCc2ccccc2)(c2ccccc2)C(F)(F)F)cc1OC. The fourth-order valence-corrected chi connectivity index (χ4v) is 3.57. The zero-order valence-corrected chi connectivity index (χ0v) is 18.9. The molecule has 1 N–H and O–H groups in total. The van der Waals surface area contributed by atoms with Crippen LogP contribution in [0.15, 0.2) is 78.9 Å². The molecule has 1 atom stereocenters. The molecule has 1 amide bonds. The molecule has 0 aromatic heterocycles. The van der Waals surface area contributed by atoms with Gasteiger partial charge in [0.05, 0.1) is 20.8 Å². The fraction of sp³-hybridized carbons (Fsp3) is 0.269. The lowest BCUT2D eigenvalue weighted by Crippen LogP contribution is -2.56. The van der Waals surface area contributed by atoms with Gasteiger partial charge in [-0.15, -0.1) is 0 Å². The number of ether oxygens (including phenoxy) is 3. The minimum absolute atomic E-state index is 0.0341. The van der Waals surface area contributed by atoms with E-state index >= 15 is 0 Å². The third kappa shape index (κ3) is 5.51. The van der Waals surface area contributed by atoms with Crippen molar-refractivity contribution in [3.05, 3.63) is 95.6 Å². The normalized spacial score (nSPS) is 13.1. The number of methoxy groups -OCH3 is 2. The van der Waals surface area contributed by atoms with Crippen LogP contribution >= 0.6 is 0 Å². The summed E-state index contributed by atoms with van der Waals surface area (Å²) in [6.45, 7) is -0.425. The standard InChI is InChI=1S/C26H26F3NO4/c1-32-22-14-13-19(17-23(22)33-2)15-16-30-24(31)25(26(27,28)29,21-11-7-4-8-12-21)34-18-20-9-5-3-6-10-20/h3-14,17H,15-16,18H2,1-2H3,(H,30,31). The molecule has 0 saturated heterocycles. The molecule has 0 saturated carbocycles. The van der Waals surface area contributed by atoms with Gasteiger partial charge in [0, 0.05) is 12.1 Å². The number of carbonyl (C=O) groups excluding carboxylic acids is 1. The number of carbonyl (C=O) groups is 1. The highest BCUT2D eigenvalue weighted by molar-refractivity contribution is 5.87. The Balaban J connectivity index is 1.84. The van der Waals surface area contributed by atoms with Gasteiger partial charge in [0.2, 0.25) is 0 Å². The van der Waals surface area contributed by atoms with Crippen molar-refractivity contribution in [1.82, 2.24) is 5.32 Å². The number of rotatable bonds is 10. The quantitative estimate of drug-likeness (QED) is 0.449. The van der Waals surface area contributed by atoms with Crippen molar-refractivity contribution in [3.8, 4) is 11.5 Å². The number of nitrogens with one attached hydrogen (secondary N) is 1. The van der Waals surface area contributed by atoms with Crippen LogP contribution in [0.5, 0.6) is 11.5 Å². The summed E-state index contributed by atoms with van der Waals surface area (Å²) >= 11 is 0. The second-order valence-electron chi connectivity index (χ2n) is 7.51. The summed E-state index contributed by atoms with van der Waals surface area (Å²) in [6, 6.07) is 20.5. The van der Waals surface area contributed by atoms with E-state index < -0.39 is 24.3 Å². The third-order valence-electron chi connectivity index (χ3n) is 5.34. The van der Waals surface area contributed by atoms with Crippen molar-refractivity contribution in [1.29, 1.82) is 0 Å². The molecule has 1 unspecified atom stereocenters. The van der Waals surface area contributed by atoms with Gasteiger partial charge in [-0.05, 0) is 29.7 Å². The van der Waals surface area contributed by atoms with E-state index in [1.165, 1.54) is 38.5 Å². The molecule has 3 aromatic carbocycles. The molecule has 5 nitrogen and oxygen atoms in total. The van der Waals surface area contributed by atoms with E-state index in [1.807, 2.05) is 0 Å². The van der Waals surface area contributed by atoms with Crippen LogP contribution in [-0.2, 0) is 28.2 Å². The minimum Gasteiger partial charge on any atom is -0.493 e. The van der Waals surface area contributed by atoms with Crippen molar-refractivity contribution in [2.45, 2.75) is 24.8 Å². The highest BCUT2D eigenvalue weighted by Crippen LogP contribution is 2.43. The zero-order chi connectivity index (χ0) is 24.6. The van der Waals surface area contributed by atoms with Crippen LogP contribution in [0.4, 0.5) is 13.2 Å². The number of alkyl halides is 3. The summed E-state index contributed by atoms with van der Waals surface area (Å²) < 4.78 is 59.5. The lowest BCUT2D eigenvalue weighted by molar-refractivity contribution is -0.276. The van der Waals surface area contributed by atoms with Crippen LogP contribution in [0, 0.1) is 0 Å². The summed E-state index contributed by atoms with van der Waals surface area (Å²) in [5.74, 6) is -0.251. The maximum Gasteiger partial charge on any atom is 0.430 e. The predicted octanol–water partition coefficient (Wildman–Crippen LogP) is 5.04. The van der Waals surface area contributed by atoms with Gasteiger partial charge in [-0.3, -0.25) is 4.79 Å². The van der Waals surface area contributed by atoms with E-state index in [0.29, 0.717) is 17.1 Å². The molecule has 34 heavy (non-hydrogen) atoms. The smallest absolute Gasteiger partial charge is 0.430 e. The summed E-state index contributed by atoms with van der Waals surface area (Å²) in [4.78, 5) is 13.1. The van der Waals surface area contributed by atoms with E-state index in [9.17, 15) is 18.0 Å². The number of hydrogen-bond donors (Lipinski definition) is 1. The number of benzene rings is 3. The van der Waals surface area contributed by atoms with E-state index in [4.69, 9.17) is 14.2 Å². The van der Waals surface area contributed by atoms with E-state index in [1.54, 1.807) is 54.6 Å². The lowest BCUT2D eigenvalue weighted by atomic mass is 9.91. The molecule has 0 aliphatic carbocycles. The molecular weight excluding hydrogens is 447 g/mol. The van der Waals surface area contributed by atoms with Gasteiger partial charge >= 0.3 is 6.18 Å². The van der Waals surface area contributed by atoms with Crippen molar-refractivity contribution in [2.75, 3.05) is 20.8 Å². The molecule has 0 radical (unpaired) electrons. The molecule has 0 bridgehead atoms. The lowest BCUT2D eigenvalue weighted by Gasteiger charge is -2.34. The molecule has 8 heteroatoms. The Hall–Kier alpha value is -3.52. The Bertz CT molecular complexity index is 1070. The molecule has 3 rings (SSSR count). The minimum atomic E-state index is -5.00. The molecule has 0 spiro atoms. The maximum absolute atomic E-state index is 14.5. The van der Waals surface area contributed by atoms with Gasteiger partial charge in [-0.2, -0.15) is 13.2 Å². The Morgan fingerprint density at radius 2 is 1.44 bits per heavy atom. The van der Waals surface area contributed by atoms with Gasteiger partial charge < -0.3 is 19.5 Å². The topological polar surface area (TPSA) is 56.8 Å². The van der Waals surface area contributed by atoms with E-state index in [0.717, 1.165) is 5.56 Å². The number of hydrogen-bond acceptors (Lipinski definition) is 4.